The van der Waals surface area contributed by atoms with Crippen LogP contribution in [-0.4, -0.2) is 52.1 Å². The summed E-state index contributed by atoms with van der Waals surface area (Å²) in [5.74, 6) is 0.960. The summed E-state index contributed by atoms with van der Waals surface area (Å²) in [6.45, 7) is 5.11. The maximum absolute atomic E-state index is 5.23. The highest BCUT2D eigenvalue weighted by atomic mass is 16.5. The van der Waals surface area contributed by atoms with Gasteiger partial charge in [-0.3, -0.25) is 0 Å². The third-order valence-electron chi connectivity index (χ3n) is 2.96. The fourth-order valence-electron chi connectivity index (χ4n) is 1.98. The van der Waals surface area contributed by atoms with Crippen molar-refractivity contribution in [2.24, 2.45) is 0 Å². The Hall–Kier alpha value is -1.17. The average Bonchev–Trinajstić information content (AvgIpc) is 2.41. The van der Waals surface area contributed by atoms with E-state index in [0.717, 1.165) is 18.9 Å². The van der Waals surface area contributed by atoms with Crippen LogP contribution in [0.15, 0.2) is 18.3 Å². The molecule has 0 bridgehead atoms. The second-order valence-electron chi connectivity index (χ2n) is 4.55. The van der Waals surface area contributed by atoms with Crippen LogP contribution >= 0.6 is 0 Å². The lowest BCUT2D eigenvalue weighted by Gasteiger charge is -2.29. The molecule has 0 aliphatic carbocycles. The molecule has 19 heavy (non-hydrogen) atoms. The molecule has 0 saturated heterocycles. The van der Waals surface area contributed by atoms with E-state index in [9.17, 15) is 0 Å². The van der Waals surface area contributed by atoms with Gasteiger partial charge in [0.25, 0.3) is 0 Å². The van der Waals surface area contributed by atoms with Gasteiger partial charge in [0.15, 0.2) is 0 Å². The number of aromatic nitrogens is 1. The third-order valence-corrected chi connectivity index (χ3v) is 2.96. The lowest BCUT2D eigenvalue weighted by Crippen LogP contribution is -2.39. The van der Waals surface area contributed by atoms with E-state index in [4.69, 9.17) is 9.47 Å². The Morgan fingerprint density at radius 2 is 2.11 bits per heavy atom. The predicted octanol–water partition coefficient (Wildman–Crippen LogP) is 1.29. The molecule has 1 heterocycles. The van der Waals surface area contributed by atoms with Crippen LogP contribution < -0.4 is 10.2 Å². The minimum absolute atomic E-state index is 0.266. The van der Waals surface area contributed by atoms with Gasteiger partial charge in [-0.15, -0.1) is 0 Å². The van der Waals surface area contributed by atoms with Crippen molar-refractivity contribution in [1.82, 2.24) is 10.3 Å². The fraction of sp³-hybridized carbons (Fsp3) is 0.643. The zero-order valence-electron chi connectivity index (χ0n) is 12.3. The Bertz CT molecular complexity index is 343. The van der Waals surface area contributed by atoms with E-state index in [0.29, 0.717) is 13.2 Å². The second kappa shape index (κ2) is 8.85. The van der Waals surface area contributed by atoms with Crippen LogP contribution in [0.2, 0.25) is 0 Å². The quantitative estimate of drug-likeness (QED) is 0.730. The van der Waals surface area contributed by atoms with Crippen molar-refractivity contribution in [3.05, 3.63) is 23.9 Å². The van der Waals surface area contributed by atoms with Gasteiger partial charge in [-0.2, -0.15) is 0 Å². The van der Waals surface area contributed by atoms with Crippen molar-refractivity contribution in [3.8, 4) is 0 Å². The van der Waals surface area contributed by atoms with Crippen molar-refractivity contribution in [1.29, 1.82) is 0 Å². The van der Waals surface area contributed by atoms with Crippen molar-refractivity contribution in [2.45, 2.75) is 19.5 Å². The average molecular weight is 267 g/mol. The summed E-state index contributed by atoms with van der Waals surface area (Å²) in [7, 11) is 5.36. The number of anilines is 1. The predicted molar refractivity (Wildman–Crippen MR) is 77.6 cm³/mol. The Morgan fingerprint density at radius 3 is 2.63 bits per heavy atom. The van der Waals surface area contributed by atoms with Gasteiger partial charge in [0, 0.05) is 33.5 Å². The minimum atomic E-state index is 0.266. The Labute approximate surface area is 115 Å². The summed E-state index contributed by atoms with van der Waals surface area (Å²) < 4.78 is 10.4. The van der Waals surface area contributed by atoms with Gasteiger partial charge in [0.05, 0.1) is 19.3 Å². The van der Waals surface area contributed by atoms with Gasteiger partial charge < -0.3 is 19.7 Å². The molecule has 1 aromatic heterocycles. The number of hydrogen-bond donors (Lipinski definition) is 1. The van der Waals surface area contributed by atoms with Crippen molar-refractivity contribution in [2.75, 3.05) is 45.9 Å². The van der Waals surface area contributed by atoms with Crippen molar-refractivity contribution in [3.63, 3.8) is 0 Å². The third kappa shape index (κ3) is 5.14. The van der Waals surface area contributed by atoms with Crippen LogP contribution in [0, 0.1) is 0 Å². The Morgan fingerprint density at radius 1 is 1.32 bits per heavy atom. The maximum Gasteiger partial charge on any atom is 0.128 e. The number of rotatable bonds is 9. The molecule has 0 aliphatic rings. The van der Waals surface area contributed by atoms with Gasteiger partial charge in [-0.05, 0) is 25.6 Å². The van der Waals surface area contributed by atoms with E-state index in [1.54, 1.807) is 14.2 Å². The van der Waals surface area contributed by atoms with Crippen molar-refractivity contribution >= 4 is 5.82 Å². The molecule has 0 fully saturated rings. The highest BCUT2D eigenvalue weighted by Crippen LogP contribution is 2.14. The first kappa shape index (κ1) is 15.9. The summed E-state index contributed by atoms with van der Waals surface area (Å²) in [6, 6.07) is 4.41. The molecule has 0 spiro atoms. The Kier molecular flexibility index (Phi) is 7.40. The standard InChI is InChI=1S/C14H25N3O2/c1-12(11-19-4)17(7-8-18-3)14-6-5-13(9-15-2)10-16-14/h5-6,10,12,15H,7-9,11H2,1-4H3. The molecule has 5 heteroatoms. The van der Waals surface area contributed by atoms with Gasteiger partial charge in [-0.25, -0.2) is 4.98 Å². The van der Waals surface area contributed by atoms with Crippen LogP contribution in [0.1, 0.15) is 12.5 Å². The van der Waals surface area contributed by atoms with E-state index in [-0.39, 0.29) is 6.04 Å². The zero-order valence-corrected chi connectivity index (χ0v) is 12.3. The largest absolute Gasteiger partial charge is 0.383 e. The number of nitrogens with one attached hydrogen (secondary N) is 1. The maximum atomic E-state index is 5.23. The molecule has 0 radical (unpaired) electrons. The molecule has 1 unspecified atom stereocenters. The van der Waals surface area contributed by atoms with Crippen molar-refractivity contribution < 1.29 is 9.47 Å². The minimum Gasteiger partial charge on any atom is -0.383 e. The number of methoxy groups -OCH3 is 2. The van der Waals surface area contributed by atoms with Crippen LogP contribution in [0.25, 0.3) is 0 Å². The number of ether oxygens (including phenoxy) is 2. The van der Waals surface area contributed by atoms with Crippen LogP contribution in [-0.2, 0) is 16.0 Å². The van der Waals surface area contributed by atoms with E-state index in [1.807, 2.05) is 13.2 Å². The lowest BCUT2D eigenvalue weighted by molar-refractivity contribution is 0.170. The molecule has 5 nitrogen and oxygen atoms in total. The molecular weight excluding hydrogens is 242 g/mol. The first-order chi connectivity index (χ1) is 9.22. The van der Waals surface area contributed by atoms with E-state index in [2.05, 4.69) is 34.3 Å². The SMILES string of the molecule is CNCc1ccc(N(CCOC)C(C)COC)nc1. The normalized spacial score (nSPS) is 12.4. The molecule has 108 valence electrons. The van der Waals surface area contributed by atoms with Crippen LogP contribution in [0.5, 0.6) is 0 Å². The first-order valence-electron chi connectivity index (χ1n) is 6.57. The molecule has 1 N–H and O–H groups in total. The molecule has 0 aromatic carbocycles. The van der Waals surface area contributed by atoms with Crippen LogP contribution in [0.4, 0.5) is 5.82 Å². The summed E-state index contributed by atoms with van der Waals surface area (Å²) in [5, 5.41) is 3.12. The van der Waals surface area contributed by atoms with Gasteiger partial charge in [0.2, 0.25) is 0 Å². The highest BCUT2D eigenvalue weighted by molar-refractivity contribution is 5.40. The number of hydrogen-bond acceptors (Lipinski definition) is 5. The number of nitrogens with zero attached hydrogens (tertiary/aromatic N) is 2. The lowest BCUT2D eigenvalue weighted by atomic mass is 10.2. The highest BCUT2D eigenvalue weighted by Gasteiger charge is 2.15. The van der Waals surface area contributed by atoms with Crippen LogP contribution in [0.3, 0.4) is 0 Å². The summed E-state index contributed by atoms with van der Waals surface area (Å²) >= 11 is 0. The number of pyridine rings is 1. The summed E-state index contributed by atoms with van der Waals surface area (Å²) in [5.41, 5.74) is 1.18. The van der Waals surface area contributed by atoms with E-state index < -0.39 is 0 Å². The molecule has 1 rings (SSSR count). The van der Waals surface area contributed by atoms with E-state index >= 15 is 0 Å². The smallest absolute Gasteiger partial charge is 0.128 e. The van der Waals surface area contributed by atoms with Gasteiger partial charge in [0.1, 0.15) is 5.82 Å². The zero-order chi connectivity index (χ0) is 14.1. The molecular formula is C14H25N3O2. The molecule has 0 saturated carbocycles. The van der Waals surface area contributed by atoms with Gasteiger partial charge >= 0.3 is 0 Å². The van der Waals surface area contributed by atoms with E-state index in [1.165, 1.54) is 5.56 Å². The monoisotopic (exact) mass is 267 g/mol. The first-order valence-corrected chi connectivity index (χ1v) is 6.57. The molecule has 1 atom stereocenters. The molecule has 1 aromatic rings. The second-order valence-corrected chi connectivity index (χ2v) is 4.55. The van der Waals surface area contributed by atoms with Gasteiger partial charge in [-0.1, -0.05) is 6.07 Å². The Balaban J connectivity index is 2.77. The molecule has 0 amide bonds. The summed E-state index contributed by atoms with van der Waals surface area (Å²) in [6.07, 6.45) is 1.91. The topological polar surface area (TPSA) is 46.6 Å². The fourth-order valence-corrected chi connectivity index (χ4v) is 1.98. The summed E-state index contributed by atoms with van der Waals surface area (Å²) in [4.78, 5) is 6.73. The molecule has 0 aliphatic heterocycles.